The Bertz CT molecular complexity index is 606. The topological polar surface area (TPSA) is 85.2 Å². The van der Waals surface area contributed by atoms with Crippen molar-refractivity contribution in [2.24, 2.45) is 0 Å². The fourth-order valence-corrected chi connectivity index (χ4v) is 4.49. The summed E-state index contributed by atoms with van der Waals surface area (Å²) in [6.07, 6.45) is 20.3. The average Bonchev–Trinajstić information content (AvgIpc) is 2.81. The first-order valence-electron chi connectivity index (χ1n) is 13.5. The van der Waals surface area contributed by atoms with Crippen LogP contribution in [0.1, 0.15) is 110 Å². The molecule has 1 atom stereocenters. The van der Waals surface area contributed by atoms with E-state index in [-0.39, 0.29) is 13.2 Å². The van der Waals surface area contributed by atoms with Gasteiger partial charge in [-0.2, -0.15) is 0 Å². The van der Waals surface area contributed by atoms with Crippen molar-refractivity contribution in [3.63, 3.8) is 0 Å². The highest BCUT2D eigenvalue weighted by Crippen LogP contribution is 2.37. The van der Waals surface area contributed by atoms with Gasteiger partial charge in [-0.1, -0.05) is 121 Å². The Kier molecular flexibility index (Phi) is 19.6. The minimum Gasteiger partial charge on any atom is -0.491 e. The molecule has 6 nitrogen and oxygen atoms in total. The molecule has 0 unspecified atom stereocenters. The third kappa shape index (κ3) is 20.5. The molecule has 0 amide bonds. The van der Waals surface area contributed by atoms with Gasteiger partial charge in [0, 0.05) is 6.61 Å². The number of benzene rings is 1. The number of unbranched alkanes of at least 4 members (excludes halogenated alkanes) is 15. The predicted molar refractivity (Wildman–Crippen MR) is 139 cm³/mol. The molecule has 2 N–H and O–H groups in total. The molecule has 0 aliphatic rings. The fourth-order valence-electron chi connectivity index (χ4n) is 3.98. The maximum Gasteiger partial charge on any atom is 0.470 e. The normalized spacial score (nSPS) is 12.7. The Labute approximate surface area is 208 Å². The van der Waals surface area contributed by atoms with Crippen molar-refractivity contribution < 1.29 is 28.3 Å². The van der Waals surface area contributed by atoms with Crippen LogP contribution in [-0.4, -0.2) is 35.7 Å². The van der Waals surface area contributed by atoms with Crippen LogP contribution in [-0.2, 0) is 13.8 Å². The molecule has 7 heteroatoms. The average molecular weight is 501 g/mol. The second-order valence-corrected chi connectivity index (χ2v) is 10.4. The molecule has 34 heavy (non-hydrogen) atoms. The van der Waals surface area contributed by atoms with Crippen LogP contribution in [0.2, 0.25) is 0 Å². The molecule has 0 aliphatic carbocycles. The highest BCUT2D eigenvalue weighted by Gasteiger charge is 2.23. The lowest BCUT2D eigenvalue weighted by atomic mass is 10.0. The predicted octanol–water partition coefficient (Wildman–Crippen LogP) is 7.82. The smallest absolute Gasteiger partial charge is 0.470 e. The zero-order chi connectivity index (χ0) is 24.7. The third-order valence-electron chi connectivity index (χ3n) is 5.91. The Morgan fingerprint density at radius 1 is 0.706 bits per heavy atom. The first-order chi connectivity index (χ1) is 16.5. The second-order valence-electron chi connectivity index (χ2n) is 9.22. The van der Waals surface area contributed by atoms with Gasteiger partial charge in [-0.3, -0.25) is 4.52 Å². The quantitative estimate of drug-likeness (QED) is 0.111. The van der Waals surface area contributed by atoms with Crippen molar-refractivity contribution in [2.75, 3.05) is 19.8 Å². The molecular weight excluding hydrogens is 451 g/mol. The molecule has 0 aromatic heterocycles. The van der Waals surface area contributed by atoms with E-state index in [4.69, 9.17) is 23.8 Å². The molecule has 0 spiro atoms. The first-order valence-corrected chi connectivity index (χ1v) is 15.0. The highest BCUT2D eigenvalue weighted by molar-refractivity contribution is 7.46. The maximum atomic E-state index is 11.2. The molecule has 0 heterocycles. The number of phosphoric ester groups is 1. The minimum atomic E-state index is -4.60. The zero-order valence-corrected chi connectivity index (χ0v) is 22.3. The van der Waals surface area contributed by atoms with Crippen molar-refractivity contribution in [3.8, 4) is 5.75 Å². The van der Waals surface area contributed by atoms with Crippen molar-refractivity contribution in [3.05, 3.63) is 30.3 Å². The molecule has 0 fully saturated rings. The first kappa shape index (κ1) is 31.1. The molecule has 0 radical (unpaired) electrons. The van der Waals surface area contributed by atoms with Crippen LogP contribution in [0.5, 0.6) is 5.75 Å². The van der Waals surface area contributed by atoms with Crippen molar-refractivity contribution >= 4 is 7.82 Å². The van der Waals surface area contributed by atoms with Gasteiger partial charge in [0.05, 0.1) is 6.61 Å². The Morgan fingerprint density at radius 3 is 1.65 bits per heavy atom. The van der Waals surface area contributed by atoms with Crippen LogP contribution in [0, 0.1) is 0 Å². The van der Waals surface area contributed by atoms with Gasteiger partial charge >= 0.3 is 7.82 Å². The van der Waals surface area contributed by atoms with Gasteiger partial charge < -0.3 is 19.3 Å². The Hall–Kier alpha value is -0.910. The summed E-state index contributed by atoms with van der Waals surface area (Å²) in [6, 6.07) is 9.11. The largest absolute Gasteiger partial charge is 0.491 e. The van der Waals surface area contributed by atoms with Crippen molar-refractivity contribution in [1.82, 2.24) is 0 Å². The molecule has 0 saturated carbocycles. The van der Waals surface area contributed by atoms with Crippen LogP contribution < -0.4 is 4.74 Å². The van der Waals surface area contributed by atoms with E-state index in [2.05, 4.69) is 6.92 Å². The molecular formula is C27H49O6P. The number of rotatable bonds is 24. The van der Waals surface area contributed by atoms with E-state index in [0.717, 1.165) is 12.8 Å². The standard InChI is InChI=1S/C27H49O6P/c1-2-3-4-5-6-7-8-9-10-11-12-13-14-15-16-20-23-31-24-27(33-34(28,29)30)25-32-26-21-18-17-19-22-26/h17-19,21-22,27H,2-16,20,23-25H2,1H3,(H2,28,29,30)/t27-/m0/s1. The van der Waals surface area contributed by atoms with Crippen molar-refractivity contribution in [2.45, 2.75) is 116 Å². The van der Waals surface area contributed by atoms with Crippen molar-refractivity contribution in [1.29, 1.82) is 0 Å². The molecule has 0 aliphatic heterocycles. The lowest BCUT2D eigenvalue weighted by molar-refractivity contribution is 0.00943. The SMILES string of the molecule is CCCCCCCCCCCCCCCCCCOC[C@@H](COc1ccccc1)OP(=O)(O)O. The number of ether oxygens (including phenoxy) is 2. The lowest BCUT2D eigenvalue weighted by Gasteiger charge is -2.19. The van der Waals surface area contributed by atoms with Gasteiger partial charge in [0.15, 0.2) is 0 Å². The van der Waals surface area contributed by atoms with Gasteiger partial charge in [0.1, 0.15) is 18.5 Å². The van der Waals surface area contributed by atoms with Gasteiger partial charge in [-0.25, -0.2) is 4.57 Å². The summed E-state index contributed by atoms with van der Waals surface area (Å²) < 4.78 is 27.2. The number of phosphoric acid groups is 1. The summed E-state index contributed by atoms with van der Waals surface area (Å²) in [5.41, 5.74) is 0. The molecule has 1 aromatic carbocycles. The summed E-state index contributed by atoms with van der Waals surface area (Å²) in [5.74, 6) is 0.625. The minimum absolute atomic E-state index is 0.0219. The molecule has 0 bridgehead atoms. The summed E-state index contributed by atoms with van der Waals surface area (Å²) in [6.45, 7) is 2.95. The monoisotopic (exact) mass is 500 g/mol. The Balaban J connectivity index is 1.93. The summed E-state index contributed by atoms with van der Waals surface area (Å²) in [7, 11) is -4.60. The van der Waals surface area contributed by atoms with Crippen LogP contribution >= 0.6 is 7.82 Å². The van der Waals surface area contributed by atoms with Gasteiger partial charge in [0.25, 0.3) is 0 Å². The lowest BCUT2D eigenvalue weighted by Crippen LogP contribution is -2.26. The fraction of sp³-hybridized carbons (Fsp3) is 0.778. The van der Waals surface area contributed by atoms with E-state index >= 15 is 0 Å². The van der Waals surface area contributed by atoms with E-state index in [1.165, 1.54) is 89.9 Å². The Morgan fingerprint density at radius 2 is 1.18 bits per heavy atom. The van der Waals surface area contributed by atoms with E-state index in [1.807, 2.05) is 18.2 Å². The summed E-state index contributed by atoms with van der Waals surface area (Å²) >= 11 is 0. The van der Waals surface area contributed by atoms with E-state index in [9.17, 15) is 4.57 Å². The van der Waals surface area contributed by atoms with Gasteiger partial charge in [-0.15, -0.1) is 0 Å². The maximum absolute atomic E-state index is 11.2. The third-order valence-corrected chi connectivity index (χ3v) is 6.48. The molecule has 198 valence electrons. The molecule has 1 rings (SSSR count). The van der Waals surface area contributed by atoms with Crippen LogP contribution in [0.25, 0.3) is 0 Å². The van der Waals surface area contributed by atoms with E-state index in [1.54, 1.807) is 12.1 Å². The van der Waals surface area contributed by atoms with Crippen LogP contribution in [0.4, 0.5) is 0 Å². The number of hydrogen-bond acceptors (Lipinski definition) is 4. The molecule has 0 saturated heterocycles. The van der Waals surface area contributed by atoms with Crippen LogP contribution in [0.3, 0.4) is 0 Å². The highest BCUT2D eigenvalue weighted by atomic mass is 31.2. The van der Waals surface area contributed by atoms with Gasteiger partial charge in [-0.05, 0) is 18.6 Å². The van der Waals surface area contributed by atoms with E-state index < -0.39 is 13.9 Å². The molecule has 1 aromatic rings. The van der Waals surface area contributed by atoms with Crippen LogP contribution in [0.15, 0.2) is 30.3 Å². The number of hydrogen-bond donors (Lipinski definition) is 2. The zero-order valence-electron chi connectivity index (χ0n) is 21.4. The summed E-state index contributed by atoms with van der Waals surface area (Å²) in [4.78, 5) is 18.2. The number of para-hydroxylation sites is 1. The van der Waals surface area contributed by atoms with E-state index in [0.29, 0.717) is 12.4 Å². The summed E-state index contributed by atoms with van der Waals surface area (Å²) in [5, 5.41) is 0. The second kappa shape index (κ2) is 21.4. The van der Waals surface area contributed by atoms with Gasteiger partial charge in [0.2, 0.25) is 0 Å².